The molecule has 1 aliphatic heterocycles. The molecule has 4 nitrogen and oxygen atoms in total. The summed E-state index contributed by atoms with van der Waals surface area (Å²) in [6.45, 7) is 2.03. The van der Waals surface area contributed by atoms with Crippen LogP contribution in [0.25, 0.3) is 0 Å². The number of nitrogens with zero attached hydrogens (tertiary/aromatic N) is 2. The van der Waals surface area contributed by atoms with Gasteiger partial charge in [-0.3, -0.25) is 9.79 Å². The minimum Gasteiger partial charge on any atom is -0.356 e. The van der Waals surface area contributed by atoms with E-state index >= 15 is 0 Å². The molecule has 0 radical (unpaired) electrons. The summed E-state index contributed by atoms with van der Waals surface area (Å²) in [6.07, 6.45) is -15.8. The maximum absolute atomic E-state index is 14.2. The second-order valence-electron chi connectivity index (χ2n) is 8.28. The van der Waals surface area contributed by atoms with E-state index < -0.39 is 53.4 Å². The van der Waals surface area contributed by atoms with Gasteiger partial charge in [0.2, 0.25) is 5.91 Å². The Kier molecular flexibility index (Phi) is 7.43. The average molecular weight is 525 g/mol. The van der Waals surface area contributed by atoms with E-state index in [0.717, 1.165) is 5.56 Å². The van der Waals surface area contributed by atoms with Crippen LogP contribution in [0.4, 0.5) is 39.5 Å². The van der Waals surface area contributed by atoms with Gasteiger partial charge in [-0.25, -0.2) is 4.98 Å². The highest BCUT2D eigenvalue weighted by Gasteiger charge is 2.59. The van der Waals surface area contributed by atoms with Crippen molar-refractivity contribution in [1.29, 1.82) is 0 Å². The third kappa shape index (κ3) is 5.81. The molecule has 0 bridgehead atoms. The lowest BCUT2D eigenvalue weighted by atomic mass is 9.76. The van der Waals surface area contributed by atoms with Crippen molar-refractivity contribution < 1.29 is 44.3 Å². The number of aliphatic imine (C=N–C) groups is 1. The fourth-order valence-corrected chi connectivity index (χ4v) is 3.83. The lowest BCUT2D eigenvalue weighted by Crippen LogP contribution is -2.43. The zero-order valence-electron chi connectivity index (χ0n) is 18.7. The molecule has 2 atom stereocenters. The monoisotopic (exact) mass is 525 g/mol. The number of halogens is 9. The third-order valence-corrected chi connectivity index (χ3v) is 5.84. The Morgan fingerprint density at radius 3 is 2.00 bits per heavy atom. The first kappa shape index (κ1) is 27.5. The number of nitrogens with one attached hydrogen (secondary N) is 1. The van der Waals surface area contributed by atoms with Crippen LogP contribution in [0.5, 0.6) is 0 Å². The van der Waals surface area contributed by atoms with Crippen LogP contribution in [0, 0.1) is 0 Å². The summed E-state index contributed by atoms with van der Waals surface area (Å²) >= 11 is 0. The van der Waals surface area contributed by atoms with E-state index in [4.69, 9.17) is 0 Å². The molecule has 13 heteroatoms. The number of aromatic nitrogens is 1. The number of benzene rings is 1. The Morgan fingerprint density at radius 2 is 1.53 bits per heavy atom. The van der Waals surface area contributed by atoms with Gasteiger partial charge in [-0.1, -0.05) is 31.2 Å². The zero-order chi connectivity index (χ0) is 26.9. The molecule has 1 N–H and O–H groups in total. The molecule has 0 saturated carbocycles. The van der Waals surface area contributed by atoms with Crippen LogP contribution in [0.2, 0.25) is 0 Å². The van der Waals surface area contributed by atoms with Gasteiger partial charge in [-0.2, -0.15) is 39.5 Å². The van der Waals surface area contributed by atoms with E-state index in [1.165, 1.54) is 12.1 Å². The van der Waals surface area contributed by atoms with Crippen LogP contribution in [0.15, 0.2) is 41.4 Å². The summed E-state index contributed by atoms with van der Waals surface area (Å²) in [4.78, 5) is 17.6. The second-order valence-corrected chi connectivity index (χ2v) is 8.28. The fraction of sp³-hybridized carbons (Fsp3) is 0.435. The normalized spacial score (nSPS) is 20.6. The number of alkyl halides is 9. The number of amides is 1. The van der Waals surface area contributed by atoms with E-state index in [0.29, 0.717) is 31.2 Å². The van der Waals surface area contributed by atoms with Crippen LogP contribution in [-0.4, -0.2) is 29.8 Å². The summed E-state index contributed by atoms with van der Waals surface area (Å²) in [5, 5.41) is 2.67. The molecule has 1 aromatic carbocycles. The lowest BCUT2D eigenvalue weighted by molar-refractivity contribution is -0.170. The lowest BCUT2D eigenvalue weighted by Gasteiger charge is -2.31. The Hall–Kier alpha value is -3.12. The molecule has 0 aliphatic carbocycles. The standard InChI is InChI=1S/C23H20F9N3O/c1-2-19(36)33-8-7-13-3-5-14(6-4-13)16-11-20(12-34-16,23(30,31)32)15-9-17(21(24,25)26)35-18(10-15)22(27,28)29/h3-6,9-10,12,16H,2,7-8,11H2,1H3,(H,33,36). The average Bonchev–Trinajstić information content (AvgIpc) is 3.25. The quantitative estimate of drug-likeness (QED) is 0.457. The van der Waals surface area contributed by atoms with Crippen LogP contribution in [-0.2, 0) is 29.0 Å². The molecule has 1 aromatic heterocycles. The Bertz CT molecular complexity index is 1090. The highest BCUT2D eigenvalue weighted by atomic mass is 19.4. The smallest absolute Gasteiger partial charge is 0.356 e. The third-order valence-electron chi connectivity index (χ3n) is 5.84. The van der Waals surface area contributed by atoms with Gasteiger partial charge in [0, 0.05) is 19.2 Å². The Morgan fingerprint density at radius 1 is 0.972 bits per heavy atom. The van der Waals surface area contributed by atoms with Crippen LogP contribution < -0.4 is 5.32 Å². The Balaban J connectivity index is 1.93. The molecule has 0 fully saturated rings. The predicted octanol–water partition coefficient (Wildman–Crippen LogP) is 6.20. The zero-order valence-corrected chi connectivity index (χ0v) is 18.7. The molecular formula is C23H20F9N3O. The summed E-state index contributed by atoms with van der Waals surface area (Å²) < 4.78 is 122. The largest absolute Gasteiger partial charge is 0.433 e. The van der Waals surface area contributed by atoms with Crippen molar-refractivity contribution in [3.8, 4) is 0 Å². The van der Waals surface area contributed by atoms with Gasteiger partial charge in [-0.05, 0) is 41.7 Å². The highest BCUT2D eigenvalue weighted by molar-refractivity contribution is 5.78. The van der Waals surface area contributed by atoms with Gasteiger partial charge in [0.25, 0.3) is 0 Å². The number of pyridine rings is 1. The first-order valence-electron chi connectivity index (χ1n) is 10.7. The number of hydrogen-bond acceptors (Lipinski definition) is 3. The minimum atomic E-state index is -5.40. The fourth-order valence-electron chi connectivity index (χ4n) is 3.83. The molecule has 196 valence electrons. The van der Waals surface area contributed by atoms with Crippen molar-refractivity contribution in [3.63, 3.8) is 0 Å². The van der Waals surface area contributed by atoms with Crippen molar-refractivity contribution in [2.75, 3.05) is 6.54 Å². The van der Waals surface area contributed by atoms with E-state index in [1.807, 2.05) is 0 Å². The van der Waals surface area contributed by atoms with Crippen LogP contribution >= 0.6 is 0 Å². The van der Waals surface area contributed by atoms with Crippen molar-refractivity contribution in [2.45, 2.75) is 56.2 Å². The molecule has 1 amide bonds. The van der Waals surface area contributed by atoms with Crippen molar-refractivity contribution in [2.24, 2.45) is 4.99 Å². The van der Waals surface area contributed by atoms with E-state index in [9.17, 15) is 44.3 Å². The molecule has 2 unspecified atom stereocenters. The van der Waals surface area contributed by atoms with E-state index in [-0.39, 0.29) is 18.0 Å². The van der Waals surface area contributed by atoms with Crippen molar-refractivity contribution in [3.05, 3.63) is 64.5 Å². The molecule has 36 heavy (non-hydrogen) atoms. The molecule has 2 heterocycles. The first-order valence-corrected chi connectivity index (χ1v) is 10.7. The van der Waals surface area contributed by atoms with E-state index in [1.54, 1.807) is 19.1 Å². The van der Waals surface area contributed by atoms with Gasteiger partial charge in [0.05, 0.1) is 6.04 Å². The number of carbonyl (C=O) groups excluding carboxylic acids is 1. The molecule has 0 spiro atoms. The number of carbonyl (C=O) groups is 1. The van der Waals surface area contributed by atoms with Crippen LogP contribution in [0.1, 0.15) is 53.9 Å². The summed E-state index contributed by atoms with van der Waals surface area (Å²) in [5.74, 6) is -0.145. The first-order chi connectivity index (χ1) is 16.6. The maximum atomic E-state index is 14.2. The Labute approximate surface area is 199 Å². The molecular weight excluding hydrogens is 505 g/mol. The van der Waals surface area contributed by atoms with Crippen LogP contribution in [0.3, 0.4) is 0 Å². The van der Waals surface area contributed by atoms with Crippen molar-refractivity contribution >= 4 is 12.1 Å². The van der Waals surface area contributed by atoms with Gasteiger partial charge in [0.1, 0.15) is 16.8 Å². The number of hydrogen-bond donors (Lipinski definition) is 1. The summed E-state index contributed by atoms with van der Waals surface area (Å²) in [7, 11) is 0. The molecule has 3 rings (SSSR count). The summed E-state index contributed by atoms with van der Waals surface area (Å²) in [6, 6.07) is 5.01. The van der Waals surface area contributed by atoms with Gasteiger partial charge >= 0.3 is 18.5 Å². The topological polar surface area (TPSA) is 54.4 Å². The molecule has 2 aromatic rings. The van der Waals surface area contributed by atoms with Gasteiger partial charge in [0.15, 0.2) is 0 Å². The maximum Gasteiger partial charge on any atom is 0.433 e. The minimum absolute atomic E-state index is 0.00911. The predicted molar refractivity (Wildman–Crippen MR) is 111 cm³/mol. The molecule has 0 saturated heterocycles. The van der Waals surface area contributed by atoms with E-state index in [2.05, 4.69) is 15.3 Å². The van der Waals surface area contributed by atoms with Gasteiger partial charge in [-0.15, -0.1) is 0 Å². The number of rotatable bonds is 6. The summed E-state index contributed by atoms with van der Waals surface area (Å²) in [5.41, 5.74) is -7.50. The molecule has 1 aliphatic rings. The highest BCUT2D eigenvalue weighted by Crippen LogP contribution is 2.51. The van der Waals surface area contributed by atoms with Crippen molar-refractivity contribution in [1.82, 2.24) is 10.3 Å². The SMILES string of the molecule is CCC(=O)NCCc1ccc(C2CC(c3cc(C(F)(F)F)nc(C(F)(F)F)c3)(C(F)(F)F)C=N2)cc1. The second kappa shape index (κ2) is 9.74. The van der Waals surface area contributed by atoms with Gasteiger partial charge < -0.3 is 5.32 Å².